The Morgan fingerprint density at radius 2 is 1.87 bits per heavy atom. The molecule has 1 amide bonds. The average Bonchev–Trinajstić information content (AvgIpc) is 2.99. The molecule has 0 unspecified atom stereocenters. The highest BCUT2D eigenvalue weighted by Crippen LogP contribution is 2.43. The van der Waals surface area contributed by atoms with Crippen molar-refractivity contribution >= 4 is 28.3 Å². The topological polar surface area (TPSA) is 58.6 Å². The molecule has 3 aromatic rings. The van der Waals surface area contributed by atoms with Crippen LogP contribution in [0.2, 0.25) is 0 Å². The zero-order valence-corrected chi connectivity index (χ0v) is 18.5. The lowest BCUT2D eigenvalue weighted by atomic mass is 9.97. The number of ether oxygens (including phenoxy) is 1. The highest BCUT2D eigenvalue weighted by molar-refractivity contribution is 6.26. The van der Waals surface area contributed by atoms with Crippen LogP contribution in [0.1, 0.15) is 35.0 Å². The molecule has 2 aromatic heterocycles. The van der Waals surface area contributed by atoms with Gasteiger partial charge in [-0.2, -0.15) is 0 Å². The summed E-state index contributed by atoms with van der Waals surface area (Å²) in [6.45, 7) is 6.65. The number of rotatable bonds is 6. The van der Waals surface area contributed by atoms with Crippen molar-refractivity contribution in [3.05, 3.63) is 47.3 Å². The summed E-state index contributed by atoms with van der Waals surface area (Å²) >= 11 is 0. The molecule has 0 radical (unpaired) electrons. The van der Waals surface area contributed by atoms with Crippen molar-refractivity contribution in [3.63, 3.8) is 0 Å². The van der Waals surface area contributed by atoms with Crippen LogP contribution in [0.3, 0.4) is 0 Å². The van der Waals surface area contributed by atoms with Crippen LogP contribution in [0.4, 0.5) is 11.5 Å². The molecule has 4 rings (SSSR count). The Morgan fingerprint density at radius 3 is 2.50 bits per heavy atom. The van der Waals surface area contributed by atoms with E-state index in [-0.39, 0.29) is 11.9 Å². The molecule has 6 heteroatoms. The Hall–Kier alpha value is -2.99. The Balaban J connectivity index is 1.95. The van der Waals surface area contributed by atoms with Gasteiger partial charge in [0.1, 0.15) is 5.82 Å². The lowest BCUT2D eigenvalue weighted by molar-refractivity contribution is 0.0957. The van der Waals surface area contributed by atoms with Gasteiger partial charge >= 0.3 is 0 Å². The second kappa shape index (κ2) is 7.69. The number of aromatic nitrogens is 2. The third-order valence-electron chi connectivity index (χ3n) is 5.82. The van der Waals surface area contributed by atoms with Crippen molar-refractivity contribution in [2.75, 3.05) is 37.6 Å². The Bertz CT molecular complexity index is 1140. The van der Waals surface area contributed by atoms with Gasteiger partial charge in [0.05, 0.1) is 29.4 Å². The van der Waals surface area contributed by atoms with Gasteiger partial charge in [0.15, 0.2) is 0 Å². The number of carbonyl (C=O) groups excluding carboxylic acids is 1. The highest BCUT2D eigenvalue weighted by Gasteiger charge is 2.35. The van der Waals surface area contributed by atoms with Crippen LogP contribution in [0.5, 0.6) is 0 Å². The Labute approximate surface area is 177 Å². The predicted octanol–water partition coefficient (Wildman–Crippen LogP) is 4.36. The monoisotopic (exact) mass is 404 g/mol. The summed E-state index contributed by atoms with van der Waals surface area (Å²) in [5.74, 6) is 0.939. The van der Waals surface area contributed by atoms with Crippen LogP contribution in [0.25, 0.3) is 22.0 Å². The quantitative estimate of drug-likeness (QED) is 0.611. The van der Waals surface area contributed by atoms with E-state index >= 15 is 0 Å². The van der Waals surface area contributed by atoms with Gasteiger partial charge in [-0.3, -0.25) is 9.78 Å². The smallest absolute Gasteiger partial charge is 0.259 e. The average molecular weight is 405 g/mol. The van der Waals surface area contributed by atoms with E-state index < -0.39 is 0 Å². The SMILES string of the molecule is CC[C@H](COC)N1C(=O)c2ccc(-c3cnc(N(C)C)cc3C)c3nc(C)cc1c23. The fourth-order valence-electron chi connectivity index (χ4n) is 4.27. The second-order valence-electron chi connectivity index (χ2n) is 8.11. The molecule has 30 heavy (non-hydrogen) atoms. The molecule has 0 bridgehead atoms. The van der Waals surface area contributed by atoms with E-state index in [1.165, 1.54) is 0 Å². The molecule has 0 fully saturated rings. The van der Waals surface area contributed by atoms with Gasteiger partial charge in [0.2, 0.25) is 0 Å². The summed E-state index contributed by atoms with van der Waals surface area (Å²) in [6, 6.07) is 8.02. The summed E-state index contributed by atoms with van der Waals surface area (Å²) in [4.78, 5) is 26.7. The largest absolute Gasteiger partial charge is 0.383 e. The highest BCUT2D eigenvalue weighted by atomic mass is 16.5. The van der Waals surface area contributed by atoms with E-state index in [4.69, 9.17) is 9.72 Å². The van der Waals surface area contributed by atoms with Crippen LogP contribution >= 0.6 is 0 Å². The number of anilines is 2. The lowest BCUT2D eigenvalue weighted by Crippen LogP contribution is -2.40. The van der Waals surface area contributed by atoms with Gasteiger partial charge in [-0.25, -0.2) is 4.98 Å². The van der Waals surface area contributed by atoms with Gasteiger partial charge in [-0.05, 0) is 44.0 Å². The molecule has 6 nitrogen and oxygen atoms in total. The summed E-state index contributed by atoms with van der Waals surface area (Å²) < 4.78 is 5.40. The number of pyridine rings is 2. The van der Waals surface area contributed by atoms with Crippen molar-refractivity contribution in [3.8, 4) is 11.1 Å². The molecular formula is C24H28N4O2. The van der Waals surface area contributed by atoms with Crippen LogP contribution in [-0.2, 0) is 4.74 Å². The summed E-state index contributed by atoms with van der Waals surface area (Å²) in [7, 11) is 5.64. The molecule has 156 valence electrons. The maximum absolute atomic E-state index is 13.3. The molecular weight excluding hydrogens is 376 g/mol. The van der Waals surface area contributed by atoms with Crippen molar-refractivity contribution in [2.24, 2.45) is 0 Å². The fourth-order valence-corrected chi connectivity index (χ4v) is 4.27. The molecule has 1 aliphatic rings. The van der Waals surface area contributed by atoms with Crippen LogP contribution in [0, 0.1) is 13.8 Å². The van der Waals surface area contributed by atoms with E-state index in [0.717, 1.165) is 51.2 Å². The maximum atomic E-state index is 13.3. The Kier molecular flexibility index (Phi) is 5.20. The van der Waals surface area contributed by atoms with Crippen LogP contribution in [-0.4, -0.2) is 49.7 Å². The minimum Gasteiger partial charge on any atom is -0.383 e. The standard InChI is InChI=1S/C24H28N4O2/c1-7-16(13-30-6)28-20-11-15(3)26-23-17(8-9-18(22(20)23)24(28)29)19-12-25-21(27(4)5)10-14(19)2/h8-12,16H,7,13H2,1-6H3/t16-/m1/s1. The van der Waals surface area contributed by atoms with Gasteiger partial charge in [-0.15, -0.1) is 0 Å². The molecule has 0 N–H and O–H groups in total. The number of aryl methyl sites for hydroxylation is 2. The fraction of sp³-hybridized carbons (Fsp3) is 0.375. The normalized spacial score (nSPS) is 13.9. The first-order valence-electron chi connectivity index (χ1n) is 10.3. The van der Waals surface area contributed by atoms with Crippen LogP contribution in [0.15, 0.2) is 30.5 Å². The summed E-state index contributed by atoms with van der Waals surface area (Å²) in [6.07, 6.45) is 2.72. The molecule has 0 spiro atoms. The Morgan fingerprint density at radius 1 is 1.13 bits per heavy atom. The van der Waals surface area contributed by atoms with E-state index in [0.29, 0.717) is 12.2 Å². The summed E-state index contributed by atoms with van der Waals surface area (Å²) in [5.41, 5.74) is 6.54. The second-order valence-corrected chi connectivity index (χ2v) is 8.11. The van der Waals surface area contributed by atoms with E-state index in [9.17, 15) is 4.79 Å². The molecule has 1 aromatic carbocycles. The molecule has 1 aliphatic heterocycles. The first kappa shape index (κ1) is 20.3. The summed E-state index contributed by atoms with van der Waals surface area (Å²) in [5, 5.41) is 0.925. The van der Waals surface area contributed by atoms with Gasteiger partial charge in [-0.1, -0.05) is 13.0 Å². The third kappa shape index (κ3) is 3.12. The van der Waals surface area contributed by atoms with E-state index in [1.807, 2.05) is 55.2 Å². The maximum Gasteiger partial charge on any atom is 0.259 e. The number of benzene rings is 1. The van der Waals surface area contributed by atoms with Gasteiger partial charge < -0.3 is 14.5 Å². The lowest BCUT2D eigenvalue weighted by Gasteiger charge is -2.27. The van der Waals surface area contributed by atoms with Crippen molar-refractivity contribution in [2.45, 2.75) is 33.2 Å². The number of nitrogens with zero attached hydrogens (tertiary/aromatic N) is 4. The molecule has 0 saturated heterocycles. The number of methoxy groups -OCH3 is 1. The minimum atomic E-state index is -0.00822. The molecule has 0 aliphatic carbocycles. The number of hydrogen-bond donors (Lipinski definition) is 0. The van der Waals surface area contributed by atoms with Gasteiger partial charge in [0, 0.05) is 49.6 Å². The predicted molar refractivity (Wildman–Crippen MR) is 122 cm³/mol. The number of carbonyl (C=O) groups is 1. The van der Waals surface area contributed by atoms with Crippen molar-refractivity contribution in [1.82, 2.24) is 9.97 Å². The van der Waals surface area contributed by atoms with Crippen molar-refractivity contribution in [1.29, 1.82) is 0 Å². The third-order valence-corrected chi connectivity index (χ3v) is 5.82. The van der Waals surface area contributed by atoms with E-state index in [2.05, 4.69) is 24.9 Å². The number of amides is 1. The first-order chi connectivity index (χ1) is 14.4. The van der Waals surface area contributed by atoms with Gasteiger partial charge in [0.25, 0.3) is 5.91 Å². The first-order valence-corrected chi connectivity index (χ1v) is 10.3. The van der Waals surface area contributed by atoms with Crippen LogP contribution < -0.4 is 9.80 Å². The molecule has 1 atom stereocenters. The minimum absolute atomic E-state index is 0.00822. The molecule has 3 heterocycles. The van der Waals surface area contributed by atoms with E-state index in [1.54, 1.807) is 7.11 Å². The number of hydrogen-bond acceptors (Lipinski definition) is 5. The van der Waals surface area contributed by atoms with Crippen molar-refractivity contribution < 1.29 is 9.53 Å². The molecule has 0 saturated carbocycles. The zero-order chi connectivity index (χ0) is 21.6. The zero-order valence-electron chi connectivity index (χ0n) is 18.5.